The van der Waals surface area contributed by atoms with Crippen LogP contribution in [0.1, 0.15) is 5.56 Å². The highest BCUT2D eigenvalue weighted by molar-refractivity contribution is 5.85. The Kier molecular flexibility index (Phi) is 5.97. The zero-order valence-corrected chi connectivity index (χ0v) is 16.2. The molecule has 0 bridgehead atoms. The first-order chi connectivity index (χ1) is 14.2. The van der Waals surface area contributed by atoms with Crippen LogP contribution in [0.3, 0.4) is 0 Å². The molecule has 1 aromatic heterocycles. The van der Waals surface area contributed by atoms with Crippen molar-refractivity contribution in [1.29, 1.82) is 0 Å². The zero-order chi connectivity index (χ0) is 20.1. The minimum atomic E-state index is -0.417. The molecule has 2 heterocycles. The number of aromatic nitrogens is 1. The van der Waals surface area contributed by atoms with Gasteiger partial charge in [-0.05, 0) is 22.4 Å². The molecule has 0 N–H and O–H groups in total. The smallest absolute Gasteiger partial charge is 0.287 e. The van der Waals surface area contributed by atoms with Crippen LogP contribution in [-0.2, 0) is 11.3 Å². The average Bonchev–Trinajstić information content (AvgIpc) is 2.77. The summed E-state index contributed by atoms with van der Waals surface area (Å²) < 4.78 is 5.44. The number of rotatable bonds is 7. The summed E-state index contributed by atoms with van der Waals surface area (Å²) in [6.45, 7) is 5.75. The highest BCUT2D eigenvalue weighted by Crippen LogP contribution is 2.23. The SMILES string of the molecule is O=[N+]([O-])c1ccc(N(CCN2CCOCC2)Cc2cccc3ccccc23)nc1. The minimum Gasteiger partial charge on any atom is -0.379 e. The van der Waals surface area contributed by atoms with E-state index in [1.165, 1.54) is 28.6 Å². The molecule has 150 valence electrons. The topological polar surface area (TPSA) is 71.7 Å². The van der Waals surface area contributed by atoms with E-state index in [0.717, 1.165) is 45.2 Å². The Hall–Kier alpha value is -3.03. The lowest BCUT2D eigenvalue weighted by Gasteiger charge is -2.31. The molecular weight excluding hydrogens is 368 g/mol. The lowest BCUT2D eigenvalue weighted by atomic mass is 10.0. The first-order valence-corrected chi connectivity index (χ1v) is 9.83. The monoisotopic (exact) mass is 392 g/mol. The van der Waals surface area contributed by atoms with E-state index in [1.54, 1.807) is 6.07 Å². The lowest BCUT2D eigenvalue weighted by molar-refractivity contribution is -0.385. The molecule has 1 aliphatic rings. The maximum Gasteiger partial charge on any atom is 0.287 e. The van der Waals surface area contributed by atoms with Gasteiger partial charge in [0.2, 0.25) is 0 Å². The van der Waals surface area contributed by atoms with Crippen LogP contribution in [0.5, 0.6) is 0 Å². The second kappa shape index (κ2) is 8.98. The third-order valence-electron chi connectivity index (χ3n) is 5.30. The predicted molar refractivity (Wildman–Crippen MR) is 113 cm³/mol. The van der Waals surface area contributed by atoms with Gasteiger partial charge in [0.25, 0.3) is 5.69 Å². The number of ether oxygens (including phenoxy) is 1. The first-order valence-electron chi connectivity index (χ1n) is 9.83. The van der Waals surface area contributed by atoms with Crippen LogP contribution in [0.2, 0.25) is 0 Å². The van der Waals surface area contributed by atoms with Gasteiger partial charge in [-0.25, -0.2) is 4.98 Å². The number of pyridine rings is 1. The van der Waals surface area contributed by atoms with Crippen LogP contribution in [0.4, 0.5) is 11.5 Å². The Labute approximate surface area is 169 Å². The molecular formula is C22H24N4O3. The Morgan fingerprint density at radius 1 is 1.07 bits per heavy atom. The van der Waals surface area contributed by atoms with Gasteiger partial charge in [-0.1, -0.05) is 42.5 Å². The van der Waals surface area contributed by atoms with Crippen molar-refractivity contribution in [3.63, 3.8) is 0 Å². The molecule has 29 heavy (non-hydrogen) atoms. The number of fused-ring (bicyclic) bond motifs is 1. The molecule has 7 heteroatoms. The van der Waals surface area contributed by atoms with Gasteiger partial charge in [0.1, 0.15) is 12.0 Å². The second-order valence-electron chi connectivity index (χ2n) is 7.15. The Balaban J connectivity index is 1.58. The number of nitrogens with zero attached hydrogens (tertiary/aromatic N) is 4. The third kappa shape index (κ3) is 4.70. The van der Waals surface area contributed by atoms with Crippen LogP contribution >= 0.6 is 0 Å². The number of anilines is 1. The second-order valence-corrected chi connectivity index (χ2v) is 7.15. The molecule has 0 saturated carbocycles. The van der Waals surface area contributed by atoms with Gasteiger partial charge in [0.05, 0.1) is 18.1 Å². The van der Waals surface area contributed by atoms with E-state index >= 15 is 0 Å². The fraction of sp³-hybridized carbons (Fsp3) is 0.318. The maximum atomic E-state index is 11.0. The predicted octanol–water partition coefficient (Wildman–Crippen LogP) is 3.48. The van der Waals surface area contributed by atoms with Gasteiger partial charge >= 0.3 is 0 Å². The van der Waals surface area contributed by atoms with Crippen LogP contribution in [0.15, 0.2) is 60.8 Å². The van der Waals surface area contributed by atoms with Crippen molar-refractivity contribution in [1.82, 2.24) is 9.88 Å². The summed E-state index contributed by atoms with van der Waals surface area (Å²) in [4.78, 5) is 19.5. The van der Waals surface area contributed by atoms with Crippen LogP contribution in [0.25, 0.3) is 10.8 Å². The van der Waals surface area contributed by atoms with E-state index in [0.29, 0.717) is 6.54 Å². The van der Waals surface area contributed by atoms with E-state index < -0.39 is 4.92 Å². The summed E-state index contributed by atoms with van der Waals surface area (Å²) in [6, 6.07) is 17.9. The Morgan fingerprint density at radius 2 is 1.86 bits per heavy atom. The molecule has 1 fully saturated rings. The highest BCUT2D eigenvalue weighted by Gasteiger charge is 2.16. The van der Waals surface area contributed by atoms with Gasteiger partial charge in [-0.3, -0.25) is 15.0 Å². The van der Waals surface area contributed by atoms with Crippen LogP contribution in [0, 0.1) is 10.1 Å². The normalized spacial score (nSPS) is 14.8. The Morgan fingerprint density at radius 3 is 2.62 bits per heavy atom. The fourth-order valence-electron chi connectivity index (χ4n) is 3.67. The molecule has 0 amide bonds. The number of benzene rings is 2. The molecule has 1 saturated heterocycles. The quantitative estimate of drug-likeness (QED) is 0.453. The van der Waals surface area contributed by atoms with Crippen LogP contribution < -0.4 is 4.90 Å². The minimum absolute atomic E-state index is 0.00652. The number of hydrogen-bond acceptors (Lipinski definition) is 6. The van der Waals surface area contributed by atoms with Crippen LogP contribution in [-0.4, -0.2) is 54.2 Å². The molecule has 7 nitrogen and oxygen atoms in total. The summed E-state index contributed by atoms with van der Waals surface area (Å²) in [7, 11) is 0. The summed E-state index contributed by atoms with van der Waals surface area (Å²) in [5.41, 5.74) is 1.22. The van der Waals surface area contributed by atoms with Gasteiger partial charge in [-0.2, -0.15) is 0 Å². The van der Waals surface area contributed by atoms with E-state index in [9.17, 15) is 10.1 Å². The molecule has 0 atom stereocenters. The summed E-state index contributed by atoms with van der Waals surface area (Å²) >= 11 is 0. The number of nitro groups is 1. The van der Waals surface area contributed by atoms with Crippen molar-refractivity contribution in [2.45, 2.75) is 6.54 Å². The maximum absolute atomic E-state index is 11.0. The summed E-state index contributed by atoms with van der Waals surface area (Å²) in [5.74, 6) is 0.747. The molecule has 0 aliphatic carbocycles. The van der Waals surface area contributed by atoms with Gasteiger partial charge < -0.3 is 9.64 Å². The Bertz CT molecular complexity index is 966. The molecule has 1 aliphatic heterocycles. The van der Waals surface area contributed by atoms with Gasteiger partial charge in [-0.15, -0.1) is 0 Å². The van der Waals surface area contributed by atoms with E-state index in [2.05, 4.69) is 45.1 Å². The van der Waals surface area contributed by atoms with Crippen molar-refractivity contribution < 1.29 is 9.66 Å². The zero-order valence-electron chi connectivity index (χ0n) is 16.2. The van der Waals surface area contributed by atoms with Gasteiger partial charge in [0.15, 0.2) is 0 Å². The van der Waals surface area contributed by atoms with Crippen molar-refractivity contribution in [3.8, 4) is 0 Å². The largest absolute Gasteiger partial charge is 0.379 e. The van der Waals surface area contributed by atoms with Crippen molar-refractivity contribution in [2.75, 3.05) is 44.3 Å². The number of hydrogen-bond donors (Lipinski definition) is 0. The van der Waals surface area contributed by atoms with E-state index in [4.69, 9.17) is 4.74 Å². The van der Waals surface area contributed by atoms with Gasteiger partial charge in [0, 0.05) is 38.8 Å². The highest BCUT2D eigenvalue weighted by atomic mass is 16.6. The number of morpholine rings is 1. The average molecular weight is 392 g/mol. The molecule has 0 radical (unpaired) electrons. The van der Waals surface area contributed by atoms with E-state index in [1.807, 2.05) is 12.1 Å². The lowest BCUT2D eigenvalue weighted by Crippen LogP contribution is -2.41. The fourth-order valence-corrected chi connectivity index (χ4v) is 3.67. The molecule has 0 unspecified atom stereocenters. The van der Waals surface area contributed by atoms with Crippen molar-refractivity contribution in [3.05, 3.63) is 76.5 Å². The summed E-state index contributed by atoms with van der Waals surface area (Å²) in [6.07, 6.45) is 1.33. The molecule has 3 aromatic rings. The first kappa shape index (κ1) is 19.3. The summed E-state index contributed by atoms with van der Waals surface area (Å²) in [5, 5.41) is 13.4. The molecule has 2 aromatic carbocycles. The third-order valence-corrected chi connectivity index (χ3v) is 5.30. The molecule has 4 rings (SSSR count). The van der Waals surface area contributed by atoms with Crippen molar-refractivity contribution in [2.24, 2.45) is 0 Å². The molecule has 0 spiro atoms. The van der Waals surface area contributed by atoms with E-state index in [-0.39, 0.29) is 5.69 Å². The standard InChI is InChI=1S/C22H24N4O3/c27-26(28)20-8-9-22(23-16-20)25(11-10-24-12-14-29-15-13-24)17-19-6-3-5-18-4-1-2-7-21(18)19/h1-9,16H,10-15,17H2. The van der Waals surface area contributed by atoms with Crippen molar-refractivity contribution >= 4 is 22.3 Å².